The fourth-order valence-electron chi connectivity index (χ4n) is 2.69. The van der Waals surface area contributed by atoms with E-state index in [4.69, 9.17) is 75.5 Å². The summed E-state index contributed by atoms with van der Waals surface area (Å²) in [6.07, 6.45) is 14.2. The van der Waals surface area contributed by atoms with Gasteiger partial charge in [0, 0.05) is 40.5 Å². The van der Waals surface area contributed by atoms with E-state index in [1.54, 1.807) is 39.8 Å². The van der Waals surface area contributed by atoms with E-state index in [-0.39, 0.29) is 15.3 Å². The summed E-state index contributed by atoms with van der Waals surface area (Å²) in [5, 5.41) is 3.21. The van der Waals surface area contributed by atoms with Gasteiger partial charge in [0.2, 0.25) is 0 Å². The van der Waals surface area contributed by atoms with Gasteiger partial charge in [0.25, 0.3) is 0 Å². The summed E-state index contributed by atoms with van der Waals surface area (Å²) in [7, 11) is 28.0. The molecule has 228 valence electrons. The number of nitrogens with two attached hydrogens (primary N) is 1. The molecule has 0 atom stereocenters. The summed E-state index contributed by atoms with van der Waals surface area (Å²) in [5.41, 5.74) is 5.35. The Hall–Kier alpha value is 3.17. The van der Waals surface area contributed by atoms with Crippen LogP contribution in [0.15, 0.2) is 0 Å². The molecular weight excluding hydrogens is 819 g/mol. The molecule has 0 rings (SSSR count). The summed E-state index contributed by atoms with van der Waals surface area (Å²) in [6.45, 7) is 9.37. The van der Waals surface area contributed by atoms with E-state index >= 15 is 0 Å². The second-order valence-corrected chi connectivity index (χ2v) is 62.5. The second kappa shape index (κ2) is 23.8. The Morgan fingerprint density at radius 1 is 0.743 bits per heavy atom. The van der Waals surface area contributed by atoms with Crippen LogP contribution in [0.3, 0.4) is 0 Å². The molecule has 0 aromatic heterocycles. The first kappa shape index (κ1) is 45.2. The molecule has 0 heterocycles. The topological polar surface area (TPSA) is 65.7 Å². The predicted molar refractivity (Wildman–Crippen MR) is 169 cm³/mol. The Bertz CT molecular complexity index is 439. The average molecular weight is 871 g/mol. The Morgan fingerprint density at radius 2 is 1.09 bits per heavy atom. The average Bonchev–Trinajstić information content (AvgIpc) is 2.74. The van der Waals surface area contributed by atoms with Crippen LogP contribution in [0.2, 0.25) is 6.04 Å². The third-order valence-corrected chi connectivity index (χ3v) is 10.3. The van der Waals surface area contributed by atoms with E-state index < -0.39 is 16.1 Å². The van der Waals surface area contributed by atoms with Crippen LogP contribution < -0.4 is 11.1 Å². The standard InChI is InChI=1S/C12H27P.C8H22N2O3Si.7ClH.Pt/c1-4-7-10-13(11-8-5-2)12-9-6-3;1-11-14(12-2,13-3)8-4-6-10-7-5-9;;;;;;;;/h4-12H2,1-3H3;10H,4-9H2,1-3H3;7*1H;/q;;;;;;;;;+4/p-4. The van der Waals surface area contributed by atoms with E-state index in [1.165, 1.54) is 38.5 Å². The summed E-state index contributed by atoms with van der Waals surface area (Å²) < 4.78 is 15.9. The van der Waals surface area contributed by atoms with Crippen LogP contribution in [0.5, 0.6) is 0 Å². The van der Waals surface area contributed by atoms with Gasteiger partial charge in [-0.3, -0.25) is 0 Å². The molecule has 0 aliphatic carbocycles. The van der Waals surface area contributed by atoms with E-state index in [0.717, 1.165) is 25.6 Å². The van der Waals surface area contributed by atoms with Crippen molar-refractivity contribution in [3.63, 3.8) is 0 Å². The van der Waals surface area contributed by atoms with Crippen molar-refractivity contribution >= 4 is 85.6 Å². The van der Waals surface area contributed by atoms with Crippen LogP contribution in [-0.2, 0) is 20.6 Å². The molecule has 0 aromatic carbocycles. The number of hydrogen-bond acceptors (Lipinski definition) is 5. The molecule has 3 N–H and O–H groups in total. The maximum Gasteiger partial charge on any atom is 1.00 e. The maximum atomic E-state index is 5.35. The minimum absolute atomic E-state index is 0. The smallest absolute Gasteiger partial charge is 1.00 e. The quantitative estimate of drug-likeness (QED) is 0.0817. The Kier molecular flexibility index (Phi) is 30.7. The third kappa shape index (κ3) is 44.4. The molecule has 0 saturated heterocycles. The minimum Gasteiger partial charge on any atom is 1.00 e. The van der Waals surface area contributed by atoms with Crippen LogP contribution in [0.1, 0.15) is 68.6 Å². The normalized spacial score (nSPS) is 13.5. The van der Waals surface area contributed by atoms with Crippen molar-refractivity contribution < 1.29 is 23.4 Å². The van der Waals surface area contributed by atoms with E-state index in [9.17, 15) is 0 Å². The van der Waals surface area contributed by atoms with Gasteiger partial charge in [-0.05, 0) is 50.7 Å². The van der Waals surface area contributed by atoms with Crippen LogP contribution in [-0.4, -0.2) is 68.3 Å². The Labute approximate surface area is 249 Å². The summed E-state index contributed by atoms with van der Waals surface area (Å²) in [6, 6.07) is 0.827. The van der Waals surface area contributed by atoms with Crippen molar-refractivity contribution in [2.75, 3.05) is 59.4 Å². The van der Waals surface area contributed by atoms with E-state index in [1.807, 2.05) is 0 Å². The first-order chi connectivity index (χ1) is 15.5. The number of hydrogen-bond donors (Lipinski definition) is 2. The molecule has 15 heteroatoms. The molecule has 0 aromatic rings. The van der Waals surface area contributed by atoms with Gasteiger partial charge in [0.15, 0.2) is 0 Å². The zero-order valence-corrected chi connectivity index (χ0v) is 31.7. The van der Waals surface area contributed by atoms with Crippen molar-refractivity contribution in [2.45, 2.75) is 71.8 Å². The molecule has 0 saturated carbocycles. The number of rotatable bonds is 18. The SMILES string of the molecule is CCCCP(CCCC)CCCC.CO[Si](CCCNCCN)(OC)OC.Cl.[Cl][Pt-2]([Cl])([Cl])([Cl])([Cl])[Cl].[H+].[H+]. The molecule has 0 spiro atoms. The summed E-state index contributed by atoms with van der Waals surface area (Å²) in [5.74, 6) is 0. The van der Waals surface area contributed by atoms with E-state index in [0.29, 0.717) is 14.5 Å². The maximum absolute atomic E-state index is 5.35. The first-order valence-corrected chi connectivity index (χ1v) is 32.3. The molecule has 0 aliphatic heterocycles. The van der Waals surface area contributed by atoms with Gasteiger partial charge in [-0.25, -0.2) is 0 Å². The fourth-order valence-corrected chi connectivity index (χ4v) is 7.38. The van der Waals surface area contributed by atoms with Crippen molar-refractivity contribution in [2.24, 2.45) is 5.73 Å². The fraction of sp³-hybridized carbons (Fsp3) is 1.00. The third-order valence-electron chi connectivity index (χ3n) is 4.57. The van der Waals surface area contributed by atoms with Gasteiger partial charge in [-0.2, -0.15) is 0 Å². The van der Waals surface area contributed by atoms with Crippen LogP contribution in [0, 0.1) is 0 Å². The number of halogens is 7. The molecule has 0 radical (unpaired) electrons. The molecule has 0 fully saturated rings. The van der Waals surface area contributed by atoms with Crippen molar-refractivity contribution in [3.05, 3.63) is 0 Å². The molecular formula is C20H52Cl7N2O3PPtSi. The molecule has 5 nitrogen and oxygen atoms in total. The van der Waals surface area contributed by atoms with Gasteiger partial charge < -0.3 is 24.3 Å². The molecule has 0 bridgehead atoms. The van der Waals surface area contributed by atoms with Gasteiger partial charge in [-0.15, -0.1) is 20.3 Å². The van der Waals surface area contributed by atoms with Crippen molar-refractivity contribution in [1.82, 2.24) is 5.32 Å². The van der Waals surface area contributed by atoms with Gasteiger partial charge in [0.05, 0.1) is 0 Å². The van der Waals surface area contributed by atoms with Crippen molar-refractivity contribution in [3.8, 4) is 0 Å². The number of nitrogens with one attached hydrogen (secondary N) is 1. The molecule has 0 amide bonds. The monoisotopic (exact) mass is 867 g/mol. The first-order valence-electron chi connectivity index (χ1n) is 11.6. The summed E-state index contributed by atoms with van der Waals surface area (Å²) in [4.78, 5) is 0. The van der Waals surface area contributed by atoms with E-state index in [2.05, 4.69) is 26.1 Å². The predicted octanol–water partition coefficient (Wildman–Crippen LogP) is 9.45. The van der Waals surface area contributed by atoms with Crippen molar-refractivity contribution in [1.29, 1.82) is 0 Å². The zero-order chi connectivity index (χ0) is 27.2. The number of unbranched alkanes of at least 4 members (excludes halogenated alkanes) is 3. The molecule has 35 heavy (non-hydrogen) atoms. The van der Waals surface area contributed by atoms with Crippen LogP contribution in [0.4, 0.5) is 0 Å². The zero-order valence-electron chi connectivity index (χ0n) is 24.1. The molecule has 0 aliphatic rings. The largest absolute Gasteiger partial charge is 1.00 e. The summed E-state index contributed by atoms with van der Waals surface area (Å²) >= 11 is 0. The van der Waals surface area contributed by atoms with Crippen LogP contribution in [0.25, 0.3) is 0 Å². The Morgan fingerprint density at radius 3 is 1.34 bits per heavy atom. The van der Waals surface area contributed by atoms with Gasteiger partial charge >= 0.3 is 75.5 Å². The van der Waals surface area contributed by atoms with Crippen LogP contribution >= 0.6 is 76.8 Å². The Balaban J connectivity index is -0.0000000981. The van der Waals surface area contributed by atoms with Gasteiger partial charge in [0.1, 0.15) is 0 Å². The second-order valence-electron chi connectivity index (χ2n) is 7.52. The van der Waals surface area contributed by atoms with Gasteiger partial charge in [-0.1, -0.05) is 40.0 Å². The minimum atomic E-state index is -5.29. The molecule has 0 unspecified atom stereocenters.